The molecule has 2 N–H and O–H groups in total. The summed E-state index contributed by atoms with van der Waals surface area (Å²) in [5, 5.41) is 12.1. The third-order valence-electron chi connectivity index (χ3n) is 3.66. The van der Waals surface area contributed by atoms with E-state index in [9.17, 15) is 14.7 Å². The molecular formula is C15H18BrNO4. The van der Waals surface area contributed by atoms with Crippen molar-refractivity contribution in [2.45, 2.75) is 31.2 Å². The number of amides is 1. The van der Waals surface area contributed by atoms with Crippen molar-refractivity contribution in [3.8, 4) is 0 Å². The van der Waals surface area contributed by atoms with Crippen LogP contribution < -0.4 is 5.32 Å². The SMILES string of the molecule is O=C(CCc1cccc(Br)c1)NC1(C(=O)O)CCOCC1. The van der Waals surface area contributed by atoms with Gasteiger partial charge in [-0.2, -0.15) is 0 Å². The summed E-state index contributed by atoms with van der Waals surface area (Å²) >= 11 is 3.38. The van der Waals surface area contributed by atoms with E-state index >= 15 is 0 Å². The molecule has 5 nitrogen and oxygen atoms in total. The third-order valence-corrected chi connectivity index (χ3v) is 4.16. The predicted molar refractivity (Wildman–Crippen MR) is 81.0 cm³/mol. The van der Waals surface area contributed by atoms with Crippen LogP contribution in [0.5, 0.6) is 0 Å². The average molecular weight is 356 g/mol. The highest BCUT2D eigenvalue weighted by atomic mass is 79.9. The molecule has 6 heteroatoms. The van der Waals surface area contributed by atoms with E-state index in [1.165, 1.54) is 0 Å². The van der Waals surface area contributed by atoms with Gasteiger partial charge >= 0.3 is 5.97 Å². The largest absolute Gasteiger partial charge is 0.480 e. The summed E-state index contributed by atoms with van der Waals surface area (Å²) in [5.41, 5.74) is -0.136. The van der Waals surface area contributed by atoms with Crippen LogP contribution in [0.3, 0.4) is 0 Å². The van der Waals surface area contributed by atoms with Gasteiger partial charge in [0.2, 0.25) is 5.91 Å². The number of hydrogen-bond donors (Lipinski definition) is 2. The van der Waals surface area contributed by atoms with Crippen molar-refractivity contribution in [2.75, 3.05) is 13.2 Å². The van der Waals surface area contributed by atoms with Crippen molar-refractivity contribution < 1.29 is 19.4 Å². The number of aliphatic carboxylic acids is 1. The van der Waals surface area contributed by atoms with Gasteiger partial charge in [0.15, 0.2) is 0 Å². The number of carboxylic acids is 1. The van der Waals surface area contributed by atoms with Gasteiger partial charge in [0, 0.05) is 36.9 Å². The maximum Gasteiger partial charge on any atom is 0.329 e. The lowest BCUT2D eigenvalue weighted by Gasteiger charge is -2.33. The Morgan fingerprint density at radius 2 is 2.05 bits per heavy atom. The van der Waals surface area contributed by atoms with Crippen LogP contribution in [-0.4, -0.2) is 35.7 Å². The number of carboxylic acid groups (broad SMARTS) is 1. The highest BCUT2D eigenvalue weighted by Crippen LogP contribution is 2.21. The monoisotopic (exact) mass is 355 g/mol. The van der Waals surface area contributed by atoms with Crippen LogP contribution in [0.2, 0.25) is 0 Å². The Kier molecular flexibility index (Phi) is 5.36. The molecule has 0 atom stereocenters. The maximum atomic E-state index is 12.1. The Hall–Kier alpha value is -1.40. The van der Waals surface area contributed by atoms with Gasteiger partial charge in [0.25, 0.3) is 0 Å². The predicted octanol–water partition coefficient (Wildman–Crippen LogP) is 2.13. The first kappa shape index (κ1) is 16.0. The Bertz CT molecular complexity index is 526. The number of benzene rings is 1. The van der Waals surface area contributed by atoms with Crippen molar-refractivity contribution >= 4 is 27.8 Å². The summed E-state index contributed by atoms with van der Waals surface area (Å²) < 4.78 is 6.14. The van der Waals surface area contributed by atoms with Crippen LogP contribution in [0.15, 0.2) is 28.7 Å². The van der Waals surface area contributed by atoms with E-state index in [2.05, 4.69) is 21.2 Å². The van der Waals surface area contributed by atoms with E-state index < -0.39 is 11.5 Å². The average Bonchev–Trinajstić information content (AvgIpc) is 2.46. The van der Waals surface area contributed by atoms with Gasteiger partial charge < -0.3 is 15.2 Å². The lowest BCUT2D eigenvalue weighted by atomic mass is 9.90. The van der Waals surface area contributed by atoms with E-state index in [4.69, 9.17) is 4.74 Å². The van der Waals surface area contributed by atoms with Crippen molar-refractivity contribution in [3.05, 3.63) is 34.3 Å². The first-order chi connectivity index (χ1) is 10.0. The normalized spacial score (nSPS) is 17.2. The number of halogens is 1. The lowest BCUT2D eigenvalue weighted by molar-refractivity contribution is -0.152. The molecule has 1 amide bonds. The summed E-state index contributed by atoms with van der Waals surface area (Å²) in [5.74, 6) is -1.22. The van der Waals surface area contributed by atoms with Gasteiger partial charge in [-0.1, -0.05) is 28.1 Å². The molecule has 0 unspecified atom stereocenters. The van der Waals surface area contributed by atoms with Gasteiger partial charge in [0.1, 0.15) is 5.54 Å². The number of ether oxygens (including phenoxy) is 1. The smallest absolute Gasteiger partial charge is 0.329 e. The second kappa shape index (κ2) is 7.04. The van der Waals surface area contributed by atoms with E-state index in [1.807, 2.05) is 24.3 Å². The molecule has 1 aliphatic rings. The zero-order valence-electron chi connectivity index (χ0n) is 11.6. The minimum Gasteiger partial charge on any atom is -0.480 e. The molecule has 1 fully saturated rings. The molecule has 1 aliphatic heterocycles. The molecule has 0 radical (unpaired) electrons. The zero-order valence-corrected chi connectivity index (χ0v) is 13.2. The Labute approximate surface area is 131 Å². The van der Waals surface area contributed by atoms with Gasteiger partial charge in [0.05, 0.1) is 0 Å². The number of carbonyl (C=O) groups is 2. The first-order valence-corrected chi connectivity index (χ1v) is 7.68. The molecular weight excluding hydrogens is 338 g/mol. The standard InChI is InChI=1S/C15H18BrNO4/c16-12-3-1-2-11(10-12)4-5-13(18)17-15(14(19)20)6-8-21-9-7-15/h1-3,10H,4-9H2,(H,17,18)(H,19,20). The van der Waals surface area contributed by atoms with Gasteiger partial charge in [-0.3, -0.25) is 4.79 Å². The van der Waals surface area contributed by atoms with Crippen molar-refractivity contribution in [3.63, 3.8) is 0 Å². The summed E-state index contributed by atoms with van der Waals surface area (Å²) in [6.45, 7) is 0.719. The first-order valence-electron chi connectivity index (χ1n) is 6.88. The van der Waals surface area contributed by atoms with Crippen molar-refractivity contribution in [1.82, 2.24) is 5.32 Å². The zero-order chi connectivity index (χ0) is 15.3. The fraction of sp³-hybridized carbons (Fsp3) is 0.467. The lowest BCUT2D eigenvalue weighted by Crippen LogP contribution is -2.57. The quantitative estimate of drug-likeness (QED) is 0.848. The molecule has 0 saturated carbocycles. The van der Waals surface area contributed by atoms with E-state index in [0.717, 1.165) is 10.0 Å². The number of carbonyl (C=O) groups excluding carboxylic acids is 1. The fourth-order valence-corrected chi connectivity index (χ4v) is 2.84. The molecule has 114 valence electrons. The van der Waals surface area contributed by atoms with Crippen LogP contribution in [0.1, 0.15) is 24.8 Å². The molecule has 1 aromatic carbocycles. The molecule has 0 aliphatic carbocycles. The number of aryl methyl sites for hydroxylation is 1. The Morgan fingerprint density at radius 3 is 2.67 bits per heavy atom. The van der Waals surface area contributed by atoms with E-state index in [1.54, 1.807) is 0 Å². The number of hydrogen-bond acceptors (Lipinski definition) is 3. The molecule has 0 bridgehead atoms. The van der Waals surface area contributed by atoms with Crippen molar-refractivity contribution in [2.24, 2.45) is 0 Å². The highest BCUT2D eigenvalue weighted by Gasteiger charge is 2.41. The number of nitrogens with one attached hydrogen (secondary N) is 1. The molecule has 0 spiro atoms. The molecule has 1 aromatic rings. The van der Waals surface area contributed by atoms with E-state index in [0.29, 0.717) is 32.5 Å². The van der Waals surface area contributed by atoms with Gasteiger partial charge in [-0.05, 0) is 24.1 Å². The van der Waals surface area contributed by atoms with Crippen LogP contribution >= 0.6 is 15.9 Å². The van der Waals surface area contributed by atoms with Crippen molar-refractivity contribution in [1.29, 1.82) is 0 Å². The summed E-state index contributed by atoms with van der Waals surface area (Å²) in [7, 11) is 0. The van der Waals surface area contributed by atoms with Crippen LogP contribution in [0, 0.1) is 0 Å². The molecule has 2 rings (SSSR count). The molecule has 21 heavy (non-hydrogen) atoms. The van der Waals surface area contributed by atoms with Gasteiger partial charge in [-0.15, -0.1) is 0 Å². The summed E-state index contributed by atoms with van der Waals surface area (Å²) in [6, 6.07) is 7.73. The molecule has 0 aromatic heterocycles. The summed E-state index contributed by atoms with van der Waals surface area (Å²) in [6.07, 6.45) is 1.47. The highest BCUT2D eigenvalue weighted by molar-refractivity contribution is 9.10. The van der Waals surface area contributed by atoms with Crippen LogP contribution in [-0.2, 0) is 20.7 Å². The summed E-state index contributed by atoms with van der Waals surface area (Å²) in [4.78, 5) is 23.5. The van der Waals surface area contributed by atoms with E-state index in [-0.39, 0.29) is 12.3 Å². The second-order valence-corrected chi connectivity index (χ2v) is 6.09. The van der Waals surface area contributed by atoms with Gasteiger partial charge in [-0.25, -0.2) is 4.79 Å². The minimum atomic E-state index is -1.17. The van der Waals surface area contributed by atoms with Crippen LogP contribution in [0.4, 0.5) is 0 Å². The van der Waals surface area contributed by atoms with Crippen LogP contribution in [0.25, 0.3) is 0 Å². The molecule has 1 heterocycles. The Balaban J connectivity index is 1.92. The minimum absolute atomic E-state index is 0.237. The Morgan fingerprint density at radius 1 is 1.33 bits per heavy atom. The third kappa shape index (κ3) is 4.28. The molecule has 1 saturated heterocycles. The maximum absolute atomic E-state index is 12.1. The topological polar surface area (TPSA) is 75.6 Å². The number of rotatable bonds is 5. The second-order valence-electron chi connectivity index (χ2n) is 5.18. The fourth-order valence-electron chi connectivity index (χ4n) is 2.39.